The molecule has 1 atom stereocenters. The maximum Gasteiger partial charge on any atom is 0.495 e. The Bertz CT molecular complexity index is 1200. The molecule has 6 nitrogen and oxygen atoms in total. The number of nitrogens with zero attached hydrogens (tertiary/aromatic N) is 1. The van der Waals surface area contributed by atoms with Gasteiger partial charge in [-0.2, -0.15) is 0 Å². The molecule has 0 radical (unpaired) electrons. The molecule has 39 heavy (non-hydrogen) atoms. The van der Waals surface area contributed by atoms with Crippen molar-refractivity contribution in [3.8, 4) is 0 Å². The molecule has 2 aromatic carbocycles. The van der Waals surface area contributed by atoms with Crippen LogP contribution in [0.2, 0.25) is 0 Å². The fourth-order valence-corrected chi connectivity index (χ4v) is 5.79. The molecule has 1 N–H and O–H groups in total. The standard InChI is InChI=1S/C30H41BBr2N2O4/c1-11-24(28(4,5)6)35(27(37)21-15-18(2)14-19(3)16-21)34-26(36)20-12-13-22(25(32)33)23(17-20)31-38-29(7,8)30(9,10)39-31/h12-17,24-25H,11H2,1-10H3,(H,34,36). The predicted molar refractivity (Wildman–Crippen MR) is 166 cm³/mol. The monoisotopic (exact) mass is 662 g/mol. The Morgan fingerprint density at radius 2 is 1.49 bits per heavy atom. The summed E-state index contributed by atoms with van der Waals surface area (Å²) in [6.07, 6.45) is 0.674. The van der Waals surface area contributed by atoms with Gasteiger partial charge in [-0.25, -0.2) is 5.01 Å². The third-order valence-corrected chi connectivity index (χ3v) is 8.69. The topological polar surface area (TPSA) is 67.9 Å². The third-order valence-electron chi connectivity index (χ3n) is 7.70. The summed E-state index contributed by atoms with van der Waals surface area (Å²) in [5.74, 6) is -0.610. The van der Waals surface area contributed by atoms with E-state index in [-0.39, 0.29) is 27.0 Å². The molecule has 0 aromatic heterocycles. The number of hydrogen-bond acceptors (Lipinski definition) is 4. The quantitative estimate of drug-likeness (QED) is 0.205. The second-order valence-corrected chi connectivity index (χ2v) is 15.6. The Kier molecular flexibility index (Phi) is 9.53. The highest BCUT2D eigenvalue weighted by molar-refractivity contribution is 9.24. The lowest BCUT2D eigenvalue weighted by Gasteiger charge is -2.39. The van der Waals surface area contributed by atoms with Crippen LogP contribution >= 0.6 is 31.9 Å². The van der Waals surface area contributed by atoms with Crippen LogP contribution in [0.3, 0.4) is 0 Å². The minimum Gasteiger partial charge on any atom is -0.399 e. The van der Waals surface area contributed by atoms with Crippen molar-refractivity contribution in [1.29, 1.82) is 0 Å². The minimum absolute atomic E-state index is 0.163. The van der Waals surface area contributed by atoms with Gasteiger partial charge in [-0.3, -0.25) is 15.0 Å². The summed E-state index contributed by atoms with van der Waals surface area (Å²) in [5.41, 5.74) is 6.22. The third kappa shape index (κ3) is 6.98. The van der Waals surface area contributed by atoms with E-state index in [1.165, 1.54) is 5.01 Å². The molecule has 1 unspecified atom stereocenters. The molecule has 0 bridgehead atoms. The average molecular weight is 664 g/mol. The fourth-order valence-electron chi connectivity index (χ4n) is 4.95. The Hall–Kier alpha value is -1.68. The normalized spacial score (nSPS) is 17.3. The van der Waals surface area contributed by atoms with Crippen LogP contribution in [0.4, 0.5) is 0 Å². The molecule has 1 aliphatic rings. The van der Waals surface area contributed by atoms with Gasteiger partial charge >= 0.3 is 7.12 Å². The van der Waals surface area contributed by atoms with Gasteiger partial charge in [0.1, 0.15) is 0 Å². The summed E-state index contributed by atoms with van der Waals surface area (Å²) in [6, 6.07) is 10.9. The Morgan fingerprint density at radius 1 is 0.949 bits per heavy atom. The molecule has 0 saturated carbocycles. The highest BCUT2D eigenvalue weighted by atomic mass is 79.9. The maximum absolute atomic E-state index is 13.9. The van der Waals surface area contributed by atoms with Crippen molar-refractivity contribution in [1.82, 2.24) is 10.4 Å². The molecule has 0 aliphatic carbocycles. The number of nitrogens with one attached hydrogen (secondary N) is 1. The van der Waals surface area contributed by atoms with Crippen LogP contribution in [0.25, 0.3) is 0 Å². The van der Waals surface area contributed by atoms with Crippen LogP contribution in [-0.2, 0) is 9.31 Å². The van der Waals surface area contributed by atoms with Crippen LogP contribution in [-0.4, -0.2) is 41.2 Å². The highest BCUT2D eigenvalue weighted by Gasteiger charge is 2.52. The number of rotatable bonds is 6. The van der Waals surface area contributed by atoms with E-state index < -0.39 is 18.3 Å². The summed E-state index contributed by atoms with van der Waals surface area (Å²) in [6.45, 7) is 20.2. The number of halogens is 2. The van der Waals surface area contributed by atoms with Gasteiger partial charge in [0.25, 0.3) is 11.8 Å². The minimum atomic E-state index is -0.652. The Morgan fingerprint density at radius 3 is 1.95 bits per heavy atom. The molecule has 3 rings (SSSR count). The number of benzene rings is 2. The smallest absolute Gasteiger partial charge is 0.399 e. The zero-order valence-electron chi connectivity index (χ0n) is 24.7. The number of aryl methyl sites for hydroxylation is 2. The largest absolute Gasteiger partial charge is 0.495 e. The molecule has 2 amide bonds. The summed E-state index contributed by atoms with van der Waals surface area (Å²) in [7, 11) is -0.652. The van der Waals surface area contributed by atoms with Crippen LogP contribution in [0.15, 0.2) is 36.4 Å². The average Bonchev–Trinajstić information content (AvgIpc) is 3.02. The van der Waals surface area contributed by atoms with Crippen LogP contribution in [0.1, 0.15) is 103 Å². The van der Waals surface area contributed by atoms with Gasteiger partial charge in [0, 0.05) is 11.1 Å². The van der Waals surface area contributed by atoms with Gasteiger partial charge in [0.05, 0.1) is 21.0 Å². The number of hydrazine groups is 1. The molecule has 9 heteroatoms. The lowest BCUT2D eigenvalue weighted by Crippen LogP contribution is -2.56. The lowest BCUT2D eigenvalue weighted by atomic mass is 9.75. The van der Waals surface area contributed by atoms with Crippen molar-refractivity contribution in [2.24, 2.45) is 5.41 Å². The summed E-state index contributed by atoms with van der Waals surface area (Å²) in [4.78, 5) is 27.6. The van der Waals surface area contributed by atoms with E-state index in [1.54, 1.807) is 12.1 Å². The van der Waals surface area contributed by atoms with Gasteiger partial charge in [-0.05, 0) is 88.7 Å². The first-order valence-electron chi connectivity index (χ1n) is 13.4. The number of carbonyl (C=O) groups is 2. The van der Waals surface area contributed by atoms with Crippen molar-refractivity contribution >= 4 is 56.3 Å². The Labute approximate surface area is 251 Å². The number of carbonyl (C=O) groups excluding carboxylic acids is 2. The number of alkyl halides is 2. The first-order valence-corrected chi connectivity index (χ1v) is 15.2. The van der Waals surface area contributed by atoms with Gasteiger partial charge < -0.3 is 9.31 Å². The molecule has 1 aliphatic heterocycles. The SMILES string of the molecule is CCC(N(NC(=O)c1ccc(C(Br)Br)c(B2OC(C)(C)C(C)(C)O2)c1)C(=O)c1cc(C)cc(C)c1)C(C)(C)C. The first kappa shape index (κ1) is 31.8. The van der Waals surface area contributed by atoms with Crippen molar-refractivity contribution < 1.29 is 18.9 Å². The second-order valence-electron chi connectivity index (χ2n) is 12.5. The molecular formula is C30H41BBr2N2O4. The number of hydrogen-bond donors (Lipinski definition) is 1. The van der Waals surface area contributed by atoms with Crippen LogP contribution in [0, 0.1) is 19.3 Å². The molecule has 212 valence electrons. The molecule has 1 saturated heterocycles. The maximum atomic E-state index is 13.9. The van der Waals surface area contributed by atoms with E-state index in [2.05, 4.69) is 58.1 Å². The lowest BCUT2D eigenvalue weighted by molar-refractivity contribution is 0.00578. The molecule has 2 aromatic rings. The Balaban J connectivity index is 2.02. The van der Waals surface area contributed by atoms with E-state index in [0.29, 0.717) is 17.5 Å². The van der Waals surface area contributed by atoms with Crippen molar-refractivity contribution in [3.05, 3.63) is 64.2 Å². The van der Waals surface area contributed by atoms with Crippen molar-refractivity contribution in [2.75, 3.05) is 0 Å². The summed E-state index contributed by atoms with van der Waals surface area (Å²) < 4.78 is 12.5. The highest BCUT2D eigenvalue weighted by Crippen LogP contribution is 2.38. The van der Waals surface area contributed by atoms with E-state index in [1.807, 2.05) is 72.7 Å². The van der Waals surface area contributed by atoms with Crippen LogP contribution in [0.5, 0.6) is 0 Å². The van der Waals surface area contributed by atoms with E-state index in [4.69, 9.17) is 9.31 Å². The molecular weight excluding hydrogens is 623 g/mol. The molecule has 0 spiro atoms. The zero-order chi connectivity index (χ0) is 29.5. The van der Waals surface area contributed by atoms with E-state index >= 15 is 0 Å². The summed E-state index contributed by atoms with van der Waals surface area (Å²) in [5, 5.41) is 1.51. The van der Waals surface area contributed by atoms with Crippen molar-refractivity contribution in [3.63, 3.8) is 0 Å². The molecule has 1 heterocycles. The predicted octanol–water partition coefficient (Wildman–Crippen LogP) is 7.00. The first-order chi connectivity index (χ1) is 17.9. The van der Waals surface area contributed by atoms with E-state index in [9.17, 15) is 9.59 Å². The van der Waals surface area contributed by atoms with Gasteiger partial charge in [-0.1, -0.05) is 82.8 Å². The van der Waals surface area contributed by atoms with Gasteiger partial charge in [0.2, 0.25) is 0 Å². The van der Waals surface area contributed by atoms with Gasteiger partial charge in [-0.15, -0.1) is 0 Å². The van der Waals surface area contributed by atoms with E-state index in [0.717, 1.165) is 22.2 Å². The number of amides is 2. The summed E-state index contributed by atoms with van der Waals surface area (Å²) >= 11 is 7.20. The zero-order valence-corrected chi connectivity index (χ0v) is 27.9. The van der Waals surface area contributed by atoms with Gasteiger partial charge in [0.15, 0.2) is 0 Å². The second kappa shape index (κ2) is 11.7. The van der Waals surface area contributed by atoms with Crippen molar-refractivity contribution in [2.45, 2.75) is 96.6 Å². The molecule has 1 fully saturated rings. The fraction of sp³-hybridized carbons (Fsp3) is 0.533. The van der Waals surface area contributed by atoms with Crippen LogP contribution < -0.4 is 10.9 Å².